The lowest BCUT2D eigenvalue weighted by Crippen LogP contribution is -2.61. The molecule has 3 rings (SSSR count). The van der Waals surface area contributed by atoms with Crippen molar-refractivity contribution in [2.24, 2.45) is 5.92 Å². The molecule has 1 saturated heterocycles. The number of ketones is 1. The normalized spacial score (nSPS) is 50.2. The lowest BCUT2D eigenvalue weighted by molar-refractivity contribution is -0.268. The van der Waals surface area contributed by atoms with E-state index in [0.717, 1.165) is 0 Å². The summed E-state index contributed by atoms with van der Waals surface area (Å²) in [5.74, 6) is -4.64. The van der Waals surface area contributed by atoms with Crippen LogP contribution in [0.3, 0.4) is 0 Å². The molecular weight excluding hydrogens is 295 g/mol. The first-order chi connectivity index (χ1) is 8.84. The van der Waals surface area contributed by atoms with Crippen molar-refractivity contribution in [1.29, 1.82) is 0 Å². The van der Waals surface area contributed by atoms with E-state index in [9.17, 15) is 9.90 Å². The van der Waals surface area contributed by atoms with Gasteiger partial charge in [0.2, 0.25) is 11.6 Å². The first kappa shape index (κ1) is 14.0. The molecule has 0 amide bonds. The third-order valence-electron chi connectivity index (χ3n) is 4.44. The quantitative estimate of drug-likeness (QED) is 0.620. The SMILES string of the molecule is CCOC1(OCC)[C@@]2(Cl)C[C@@H]3CO[C@](O)(C2=O)[C@@]31Cl. The molecule has 4 atom stereocenters. The number of ether oxygens (including phenoxy) is 3. The van der Waals surface area contributed by atoms with Gasteiger partial charge in [-0.1, -0.05) is 0 Å². The molecule has 0 radical (unpaired) electrons. The molecule has 2 aliphatic carbocycles. The van der Waals surface area contributed by atoms with E-state index < -0.39 is 27.1 Å². The number of Topliss-reactive ketones (excluding diaryl/α,β-unsaturated/α-hetero) is 1. The number of fused-ring (bicyclic) bond motifs is 1. The molecule has 3 fully saturated rings. The van der Waals surface area contributed by atoms with Crippen molar-refractivity contribution in [2.75, 3.05) is 19.8 Å². The highest BCUT2D eigenvalue weighted by Crippen LogP contribution is 2.72. The molecule has 108 valence electrons. The highest BCUT2D eigenvalue weighted by Gasteiger charge is 2.94. The summed E-state index contributed by atoms with van der Waals surface area (Å²) in [6, 6.07) is 0. The van der Waals surface area contributed by atoms with Gasteiger partial charge in [0.05, 0.1) is 6.61 Å². The molecule has 0 aromatic rings. The number of aliphatic hydroxyl groups is 1. The topological polar surface area (TPSA) is 65.0 Å². The maximum atomic E-state index is 12.5. The summed E-state index contributed by atoms with van der Waals surface area (Å²) in [5.41, 5.74) is 0. The van der Waals surface area contributed by atoms with Gasteiger partial charge in [-0.3, -0.25) is 4.79 Å². The zero-order valence-electron chi connectivity index (χ0n) is 10.7. The van der Waals surface area contributed by atoms with Gasteiger partial charge in [-0.15, -0.1) is 23.2 Å². The van der Waals surface area contributed by atoms with Crippen LogP contribution in [0.15, 0.2) is 0 Å². The number of hydrogen-bond donors (Lipinski definition) is 1. The summed E-state index contributed by atoms with van der Waals surface area (Å²) in [7, 11) is 0. The Labute approximate surface area is 121 Å². The van der Waals surface area contributed by atoms with E-state index >= 15 is 0 Å². The van der Waals surface area contributed by atoms with Crippen LogP contribution in [0.25, 0.3) is 0 Å². The van der Waals surface area contributed by atoms with Crippen LogP contribution in [-0.4, -0.2) is 52.0 Å². The third-order valence-corrected chi connectivity index (χ3v) is 5.83. The van der Waals surface area contributed by atoms with Crippen LogP contribution in [0, 0.1) is 5.92 Å². The standard InChI is InChI=1S/C12H16Cl2O5/c1-3-17-12(18-4-2)9(13)5-7-6-19-11(16,8(9)15)10(7,12)14/h7,16H,3-6H2,1-2H3/t7-,9-,10+,11-/m1/s1. The summed E-state index contributed by atoms with van der Waals surface area (Å²) in [6.45, 7) is 4.22. The minimum Gasteiger partial charge on any atom is -0.358 e. The number of carbonyl (C=O) groups excluding carboxylic acids is 1. The fraction of sp³-hybridized carbons (Fsp3) is 0.917. The second kappa shape index (κ2) is 3.84. The molecular formula is C12H16Cl2O5. The molecule has 2 bridgehead atoms. The van der Waals surface area contributed by atoms with Crippen LogP contribution >= 0.6 is 23.2 Å². The van der Waals surface area contributed by atoms with E-state index in [2.05, 4.69) is 0 Å². The molecule has 2 saturated carbocycles. The summed E-state index contributed by atoms with van der Waals surface area (Å²) >= 11 is 13.1. The number of carbonyl (C=O) groups is 1. The number of halogens is 2. The van der Waals surface area contributed by atoms with Crippen molar-refractivity contribution in [1.82, 2.24) is 0 Å². The summed E-state index contributed by atoms with van der Waals surface area (Å²) in [5, 5.41) is 10.6. The second-order valence-corrected chi connectivity index (χ2v) is 6.42. The monoisotopic (exact) mass is 310 g/mol. The lowest BCUT2D eigenvalue weighted by Gasteiger charge is -2.41. The van der Waals surface area contributed by atoms with Gasteiger partial charge in [0, 0.05) is 19.1 Å². The van der Waals surface area contributed by atoms with Crippen molar-refractivity contribution in [2.45, 2.75) is 41.6 Å². The van der Waals surface area contributed by atoms with E-state index in [-0.39, 0.29) is 32.2 Å². The second-order valence-electron chi connectivity index (χ2n) is 5.18. The third kappa shape index (κ3) is 1.14. The van der Waals surface area contributed by atoms with Crippen molar-refractivity contribution >= 4 is 29.0 Å². The Balaban J connectivity index is 2.23. The number of alkyl halides is 2. The molecule has 1 heterocycles. The van der Waals surface area contributed by atoms with Crippen LogP contribution in [0.5, 0.6) is 0 Å². The molecule has 5 nitrogen and oxygen atoms in total. The fourth-order valence-corrected chi connectivity index (χ4v) is 4.97. The average molecular weight is 311 g/mol. The average Bonchev–Trinajstić information content (AvgIpc) is 2.71. The van der Waals surface area contributed by atoms with Gasteiger partial charge in [0.1, 0.15) is 0 Å². The van der Waals surface area contributed by atoms with Crippen LogP contribution in [0.2, 0.25) is 0 Å². The summed E-state index contributed by atoms with van der Waals surface area (Å²) in [6.07, 6.45) is 0.277. The van der Waals surface area contributed by atoms with E-state index in [0.29, 0.717) is 0 Å². The van der Waals surface area contributed by atoms with Gasteiger partial charge in [0.15, 0.2) is 9.75 Å². The Morgan fingerprint density at radius 1 is 1.37 bits per heavy atom. The summed E-state index contributed by atoms with van der Waals surface area (Å²) < 4.78 is 16.7. The predicted octanol–water partition coefficient (Wildman–Crippen LogP) is 1.03. The lowest BCUT2D eigenvalue weighted by atomic mass is 9.85. The van der Waals surface area contributed by atoms with Gasteiger partial charge < -0.3 is 19.3 Å². The molecule has 3 aliphatic rings. The minimum absolute atomic E-state index is 0.169. The van der Waals surface area contributed by atoms with Crippen LogP contribution in [-0.2, 0) is 19.0 Å². The van der Waals surface area contributed by atoms with Crippen LogP contribution in [0.1, 0.15) is 20.3 Å². The Kier molecular flexibility index (Phi) is 2.84. The highest BCUT2D eigenvalue weighted by molar-refractivity contribution is 6.44. The van der Waals surface area contributed by atoms with Gasteiger partial charge in [0.25, 0.3) is 5.79 Å². The molecule has 0 spiro atoms. The zero-order valence-corrected chi connectivity index (χ0v) is 12.3. The minimum atomic E-state index is -2.14. The number of rotatable bonds is 4. The van der Waals surface area contributed by atoms with Crippen molar-refractivity contribution in [3.05, 3.63) is 0 Å². The van der Waals surface area contributed by atoms with Gasteiger partial charge in [-0.25, -0.2) is 0 Å². The maximum absolute atomic E-state index is 12.5. The Morgan fingerprint density at radius 3 is 2.47 bits per heavy atom. The van der Waals surface area contributed by atoms with Crippen LogP contribution in [0.4, 0.5) is 0 Å². The zero-order chi connectivity index (χ0) is 14.1. The molecule has 1 aliphatic heterocycles. The summed E-state index contributed by atoms with van der Waals surface area (Å²) in [4.78, 5) is 9.49. The fourth-order valence-electron chi connectivity index (χ4n) is 3.80. The Hall–Kier alpha value is 0.0900. The van der Waals surface area contributed by atoms with E-state index in [1.807, 2.05) is 0 Å². The predicted molar refractivity (Wildman–Crippen MR) is 67.2 cm³/mol. The van der Waals surface area contributed by atoms with E-state index in [1.165, 1.54) is 0 Å². The first-order valence-electron chi connectivity index (χ1n) is 6.41. The molecule has 0 aromatic heterocycles. The smallest absolute Gasteiger partial charge is 0.254 e. The van der Waals surface area contributed by atoms with E-state index in [1.54, 1.807) is 13.8 Å². The molecule has 19 heavy (non-hydrogen) atoms. The van der Waals surface area contributed by atoms with Crippen molar-refractivity contribution in [3.8, 4) is 0 Å². The Morgan fingerprint density at radius 2 is 1.95 bits per heavy atom. The largest absolute Gasteiger partial charge is 0.358 e. The Bertz CT molecular complexity index is 438. The van der Waals surface area contributed by atoms with Gasteiger partial charge in [-0.05, 0) is 20.3 Å². The maximum Gasteiger partial charge on any atom is 0.254 e. The molecule has 0 unspecified atom stereocenters. The molecule has 1 N–H and O–H groups in total. The van der Waals surface area contributed by atoms with Crippen LogP contribution < -0.4 is 0 Å². The van der Waals surface area contributed by atoms with E-state index in [4.69, 9.17) is 37.4 Å². The number of hydrogen-bond acceptors (Lipinski definition) is 5. The van der Waals surface area contributed by atoms with Crippen molar-refractivity contribution in [3.63, 3.8) is 0 Å². The molecule has 7 heteroatoms. The van der Waals surface area contributed by atoms with Crippen molar-refractivity contribution < 1.29 is 24.1 Å². The van der Waals surface area contributed by atoms with Gasteiger partial charge >= 0.3 is 0 Å². The molecule has 0 aromatic carbocycles. The van der Waals surface area contributed by atoms with Gasteiger partial charge in [-0.2, -0.15) is 0 Å². The highest BCUT2D eigenvalue weighted by atomic mass is 35.5. The first-order valence-corrected chi connectivity index (χ1v) is 7.16.